The van der Waals surface area contributed by atoms with E-state index < -0.39 is 0 Å². The van der Waals surface area contributed by atoms with E-state index >= 15 is 0 Å². The summed E-state index contributed by atoms with van der Waals surface area (Å²) in [5.74, 6) is 0.943. The van der Waals surface area contributed by atoms with Crippen LogP contribution in [0.15, 0.2) is 12.7 Å². The Morgan fingerprint density at radius 1 is 1.50 bits per heavy atom. The van der Waals surface area contributed by atoms with Gasteiger partial charge in [-0.2, -0.15) is 0 Å². The first-order valence-electron chi connectivity index (χ1n) is 5.36. The van der Waals surface area contributed by atoms with Crippen molar-refractivity contribution in [3.05, 3.63) is 12.7 Å². The van der Waals surface area contributed by atoms with Gasteiger partial charge in [0, 0.05) is 19.5 Å². The molecule has 0 atom stereocenters. The molecule has 3 heteroatoms. The lowest BCUT2D eigenvalue weighted by atomic mass is 9.93. The van der Waals surface area contributed by atoms with Crippen LogP contribution in [0.25, 0.3) is 0 Å². The minimum atomic E-state index is 0.214. The Balaban J connectivity index is 2.27. The van der Waals surface area contributed by atoms with Gasteiger partial charge in [0.1, 0.15) is 0 Å². The quantitative estimate of drug-likeness (QED) is 0.686. The van der Waals surface area contributed by atoms with Gasteiger partial charge in [-0.15, -0.1) is 6.58 Å². The van der Waals surface area contributed by atoms with E-state index in [4.69, 9.17) is 5.73 Å². The Hall–Kier alpha value is -0.830. The van der Waals surface area contributed by atoms with Gasteiger partial charge in [-0.3, -0.25) is 4.79 Å². The second kappa shape index (κ2) is 5.81. The van der Waals surface area contributed by atoms with Crippen LogP contribution < -0.4 is 5.73 Å². The molecule has 2 N–H and O–H groups in total. The third-order valence-corrected chi connectivity index (χ3v) is 2.86. The topological polar surface area (TPSA) is 46.3 Å². The van der Waals surface area contributed by atoms with Crippen molar-refractivity contribution in [2.45, 2.75) is 25.7 Å². The van der Waals surface area contributed by atoms with Crippen molar-refractivity contribution in [3.63, 3.8) is 0 Å². The number of piperidine rings is 1. The van der Waals surface area contributed by atoms with E-state index in [0.29, 0.717) is 6.42 Å². The average Bonchev–Trinajstić information content (AvgIpc) is 2.20. The molecule has 0 unspecified atom stereocenters. The number of nitrogens with two attached hydrogens (primary N) is 1. The average molecular weight is 196 g/mol. The minimum absolute atomic E-state index is 0.214. The van der Waals surface area contributed by atoms with Crippen LogP contribution in [-0.2, 0) is 4.79 Å². The SMILES string of the molecule is C=CCC(=O)N1CCC(CCN)CC1. The lowest BCUT2D eigenvalue weighted by Gasteiger charge is -2.31. The van der Waals surface area contributed by atoms with Gasteiger partial charge in [-0.25, -0.2) is 0 Å². The van der Waals surface area contributed by atoms with Crippen molar-refractivity contribution in [1.29, 1.82) is 0 Å². The molecule has 1 aliphatic rings. The van der Waals surface area contributed by atoms with Crippen LogP contribution in [-0.4, -0.2) is 30.4 Å². The van der Waals surface area contributed by atoms with Gasteiger partial charge >= 0.3 is 0 Å². The molecule has 1 fully saturated rings. The molecule has 1 amide bonds. The molecule has 0 radical (unpaired) electrons. The summed E-state index contributed by atoms with van der Waals surface area (Å²) < 4.78 is 0. The molecule has 0 bridgehead atoms. The van der Waals surface area contributed by atoms with Gasteiger partial charge in [0.05, 0.1) is 0 Å². The predicted octanol–water partition coefficient (Wildman–Crippen LogP) is 1.15. The standard InChI is InChI=1S/C11H20N2O/c1-2-3-11(14)13-8-5-10(4-7-12)6-9-13/h2,10H,1,3-9,12H2. The molecule has 0 aromatic carbocycles. The number of likely N-dealkylation sites (tertiary alicyclic amines) is 1. The van der Waals surface area contributed by atoms with Crippen LogP contribution in [0.3, 0.4) is 0 Å². The van der Waals surface area contributed by atoms with Crippen LogP contribution in [0.4, 0.5) is 0 Å². The Bertz CT molecular complexity index is 195. The fourth-order valence-electron chi connectivity index (χ4n) is 1.96. The number of rotatable bonds is 4. The van der Waals surface area contributed by atoms with E-state index in [1.807, 2.05) is 4.90 Å². The molecule has 0 spiro atoms. The highest BCUT2D eigenvalue weighted by atomic mass is 16.2. The zero-order valence-electron chi connectivity index (χ0n) is 8.74. The van der Waals surface area contributed by atoms with Crippen LogP contribution in [0.5, 0.6) is 0 Å². The van der Waals surface area contributed by atoms with E-state index in [1.165, 1.54) is 0 Å². The molecule has 1 saturated heterocycles. The molecule has 80 valence electrons. The zero-order chi connectivity index (χ0) is 10.4. The van der Waals surface area contributed by atoms with E-state index in [1.54, 1.807) is 6.08 Å². The highest BCUT2D eigenvalue weighted by molar-refractivity contribution is 5.77. The van der Waals surface area contributed by atoms with Crippen molar-refractivity contribution in [2.24, 2.45) is 11.7 Å². The minimum Gasteiger partial charge on any atom is -0.342 e. The molecule has 3 nitrogen and oxygen atoms in total. The van der Waals surface area contributed by atoms with Gasteiger partial charge in [0.15, 0.2) is 0 Å². The number of hydrogen-bond donors (Lipinski definition) is 1. The number of hydrogen-bond acceptors (Lipinski definition) is 2. The van der Waals surface area contributed by atoms with Gasteiger partial charge in [0.25, 0.3) is 0 Å². The summed E-state index contributed by atoms with van der Waals surface area (Å²) >= 11 is 0. The molecule has 1 aliphatic heterocycles. The molecular formula is C11H20N2O. The fraction of sp³-hybridized carbons (Fsp3) is 0.727. The molecule has 14 heavy (non-hydrogen) atoms. The Morgan fingerprint density at radius 2 is 2.14 bits per heavy atom. The Labute approximate surface area is 86.0 Å². The maximum atomic E-state index is 11.5. The van der Waals surface area contributed by atoms with E-state index in [-0.39, 0.29) is 5.91 Å². The second-order valence-electron chi connectivity index (χ2n) is 3.89. The molecular weight excluding hydrogens is 176 g/mol. The number of nitrogens with zero attached hydrogens (tertiary/aromatic N) is 1. The fourth-order valence-corrected chi connectivity index (χ4v) is 1.96. The highest BCUT2D eigenvalue weighted by Gasteiger charge is 2.21. The van der Waals surface area contributed by atoms with Gasteiger partial charge < -0.3 is 10.6 Å². The van der Waals surface area contributed by atoms with E-state index in [0.717, 1.165) is 44.8 Å². The Morgan fingerprint density at radius 3 is 2.64 bits per heavy atom. The van der Waals surface area contributed by atoms with Gasteiger partial charge in [-0.1, -0.05) is 6.08 Å². The van der Waals surface area contributed by atoms with Crippen molar-refractivity contribution < 1.29 is 4.79 Å². The zero-order valence-corrected chi connectivity index (χ0v) is 8.74. The second-order valence-corrected chi connectivity index (χ2v) is 3.89. The summed E-state index contributed by atoms with van der Waals surface area (Å²) in [7, 11) is 0. The number of amides is 1. The molecule has 0 aliphatic carbocycles. The lowest BCUT2D eigenvalue weighted by molar-refractivity contribution is -0.131. The van der Waals surface area contributed by atoms with Gasteiger partial charge in [0.2, 0.25) is 5.91 Å². The van der Waals surface area contributed by atoms with Crippen LogP contribution >= 0.6 is 0 Å². The van der Waals surface area contributed by atoms with Crippen LogP contribution in [0.1, 0.15) is 25.7 Å². The molecule has 1 rings (SSSR count). The summed E-state index contributed by atoms with van der Waals surface area (Å²) in [5, 5.41) is 0. The monoisotopic (exact) mass is 196 g/mol. The summed E-state index contributed by atoms with van der Waals surface area (Å²) in [6.45, 7) is 6.15. The largest absolute Gasteiger partial charge is 0.342 e. The molecule has 0 saturated carbocycles. The first-order chi connectivity index (χ1) is 6.77. The van der Waals surface area contributed by atoms with Crippen molar-refractivity contribution in [1.82, 2.24) is 4.90 Å². The molecule has 0 aromatic heterocycles. The van der Waals surface area contributed by atoms with Crippen molar-refractivity contribution in [3.8, 4) is 0 Å². The van der Waals surface area contributed by atoms with E-state index in [9.17, 15) is 4.79 Å². The molecule has 0 aromatic rings. The highest BCUT2D eigenvalue weighted by Crippen LogP contribution is 2.20. The summed E-state index contributed by atoms with van der Waals surface area (Å²) in [5.41, 5.74) is 5.51. The van der Waals surface area contributed by atoms with Crippen LogP contribution in [0, 0.1) is 5.92 Å². The van der Waals surface area contributed by atoms with Crippen molar-refractivity contribution >= 4 is 5.91 Å². The summed E-state index contributed by atoms with van der Waals surface area (Å²) in [4.78, 5) is 13.4. The van der Waals surface area contributed by atoms with Crippen LogP contribution in [0.2, 0.25) is 0 Å². The predicted molar refractivity (Wildman–Crippen MR) is 57.8 cm³/mol. The lowest BCUT2D eigenvalue weighted by Crippen LogP contribution is -2.38. The first-order valence-corrected chi connectivity index (χ1v) is 5.36. The normalized spacial score (nSPS) is 18.2. The Kier molecular flexibility index (Phi) is 4.66. The first kappa shape index (κ1) is 11.2. The van der Waals surface area contributed by atoms with Crippen molar-refractivity contribution in [2.75, 3.05) is 19.6 Å². The van der Waals surface area contributed by atoms with E-state index in [2.05, 4.69) is 6.58 Å². The smallest absolute Gasteiger partial charge is 0.226 e. The summed E-state index contributed by atoms with van der Waals surface area (Å²) in [6.07, 6.45) is 5.47. The number of carbonyl (C=O) groups is 1. The summed E-state index contributed by atoms with van der Waals surface area (Å²) in [6, 6.07) is 0. The molecule has 1 heterocycles. The van der Waals surface area contributed by atoms with Gasteiger partial charge in [-0.05, 0) is 31.7 Å². The number of carbonyl (C=O) groups excluding carboxylic acids is 1. The third-order valence-electron chi connectivity index (χ3n) is 2.86. The maximum Gasteiger partial charge on any atom is 0.226 e. The third kappa shape index (κ3) is 3.14. The maximum absolute atomic E-state index is 11.5.